The molecule has 0 heterocycles. The molecule has 0 aliphatic heterocycles. The summed E-state index contributed by atoms with van der Waals surface area (Å²) < 4.78 is 5.84. The monoisotopic (exact) mass is 387 g/mol. The van der Waals surface area contributed by atoms with E-state index in [1.807, 2.05) is 19.9 Å². The molecule has 0 saturated carbocycles. The van der Waals surface area contributed by atoms with Crippen LogP contribution in [0.1, 0.15) is 56.2 Å². The van der Waals surface area contributed by atoms with E-state index in [0.717, 1.165) is 18.4 Å². The van der Waals surface area contributed by atoms with Crippen molar-refractivity contribution in [3.8, 4) is 5.75 Å². The fourth-order valence-electron chi connectivity index (χ4n) is 2.86. The van der Waals surface area contributed by atoms with Crippen molar-refractivity contribution in [3.05, 3.63) is 64.2 Å². The summed E-state index contributed by atoms with van der Waals surface area (Å²) in [5.74, 6) is 1.15. The zero-order valence-corrected chi connectivity index (χ0v) is 17.5. The van der Waals surface area contributed by atoms with E-state index in [0.29, 0.717) is 29.7 Å². The number of carbonyl (C=O) groups is 1. The lowest BCUT2D eigenvalue weighted by Gasteiger charge is -2.18. The topological polar surface area (TPSA) is 38.3 Å². The van der Waals surface area contributed by atoms with Crippen LogP contribution in [0.5, 0.6) is 5.75 Å². The molecule has 2 rings (SSSR count). The normalized spacial score (nSPS) is 12.1. The molecule has 146 valence electrons. The number of benzene rings is 2. The number of aryl methyl sites for hydroxylation is 2. The number of nitrogens with one attached hydrogen (secondary N) is 1. The molecular weight excluding hydrogens is 358 g/mol. The average molecular weight is 388 g/mol. The van der Waals surface area contributed by atoms with Gasteiger partial charge in [0.15, 0.2) is 6.10 Å². The molecule has 4 heteroatoms. The zero-order chi connectivity index (χ0) is 19.8. The predicted molar refractivity (Wildman–Crippen MR) is 113 cm³/mol. The molecule has 27 heavy (non-hydrogen) atoms. The summed E-state index contributed by atoms with van der Waals surface area (Å²) in [7, 11) is 0. The molecule has 0 unspecified atom stereocenters. The molecule has 0 aliphatic rings. The maximum Gasteiger partial charge on any atom is 0.261 e. The molecule has 1 atom stereocenters. The largest absolute Gasteiger partial charge is 0.481 e. The fraction of sp³-hybridized carbons (Fsp3) is 0.435. The van der Waals surface area contributed by atoms with E-state index in [4.69, 9.17) is 16.3 Å². The number of rotatable bonds is 9. The molecule has 3 nitrogen and oxygen atoms in total. The summed E-state index contributed by atoms with van der Waals surface area (Å²) in [4.78, 5) is 12.4. The molecular formula is C23H30ClNO2. The fourth-order valence-corrected chi connectivity index (χ4v) is 2.98. The van der Waals surface area contributed by atoms with Crippen LogP contribution in [0.2, 0.25) is 5.02 Å². The third kappa shape index (κ3) is 6.59. The minimum Gasteiger partial charge on any atom is -0.481 e. The van der Waals surface area contributed by atoms with E-state index in [2.05, 4.69) is 43.4 Å². The predicted octanol–water partition coefficient (Wildman–Crippen LogP) is 5.68. The second kappa shape index (κ2) is 10.4. The van der Waals surface area contributed by atoms with Crippen LogP contribution < -0.4 is 10.1 Å². The van der Waals surface area contributed by atoms with Gasteiger partial charge in [-0.05, 0) is 67.0 Å². The van der Waals surface area contributed by atoms with Gasteiger partial charge in [-0.15, -0.1) is 0 Å². The van der Waals surface area contributed by atoms with Crippen molar-refractivity contribution < 1.29 is 9.53 Å². The van der Waals surface area contributed by atoms with Gasteiger partial charge in [-0.1, -0.05) is 56.6 Å². The lowest BCUT2D eigenvalue weighted by molar-refractivity contribution is -0.128. The smallest absolute Gasteiger partial charge is 0.261 e. The van der Waals surface area contributed by atoms with Gasteiger partial charge in [-0.2, -0.15) is 0 Å². The van der Waals surface area contributed by atoms with Gasteiger partial charge in [-0.3, -0.25) is 4.79 Å². The van der Waals surface area contributed by atoms with E-state index < -0.39 is 6.10 Å². The van der Waals surface area contributed by atoms with Gasteiger partial charge in [0.05, 0.1) is 0 Å². The van der Waals surface area contributed by atoms with Crippen molar-refractivity contribution in [3.63, 3.8) is 0 Å². The number of halogens is 1. The molecule has 0 fully saturated rings. The summed E-state index contributed by atoms with van der Waals surface area (Å²) in [6.07, 6.45) is 1.98. The van der Waals surface area contributed by atoms with Crippen molar-refractivity contribution in [2.75, 3.05) is 6.54 Å². The summed E-state index contributed by atoms with van der Waals surface area (Å²) in [6.45, 7) is 8.90. The Morgan fingerprint density at radius 1 is 1.15 bits per heavy atom. The van der Waals surface area contributed by atoms with Gasteiger partial charge in [0, 0.05) is 11.6 Å². The Labute approximate surface area is 168 Å². The number of ether oxygens (including phenoxy) is 1. The summed E-state index contributed by atoms with van der Waals surface area (Å²) >= 11 is 6.04. The van der Waals surface area contributed by atoms with E-state index in [1.54, 1.807) is 12.1 Å². The van der Waals surface area contributed by atoms with Gasteiger partial charge in [-0.25, -0.2) is 0 Å². The van der Waals surface area contributed by atoms with E-state index in [1.165, 1.54) is 11.1 Å². The van der Waals surface area contributed by atoms with Crippen molar-refractivity contribution in [2.24, 2.45) is 0 Å². The molecule has 1 N–H and O–H groups in total. The SMILES string of the molecule is CC[C@H](Oc1ccc(Cl)c(C)c1)C(=O)NCCCc1ccc(C(C)C)cc1. The number of carbonyl (C=O) groups excluding carboxylic acids is 1. The quantitative estimate of drug-likeness (QED) is 0.562. The second-order valence-electron chi connectivity index (χ2n) is 7.22. The van der Waals surface area contributed by atoms with Crippen LogP contribution in [0.4, 0.5) is 0 Å². The highest BCUT2D eigenvalue weighted by Crippen LogP contribution is 2.22. The van der Waals surface area contributed by atoms with Gasteiger partial charge in [0.25, 0.3) is 5.91 Å². The highest BCUT2D eigenvalue weighted by Gasteiger charge is 2.18. The van der Waals surface area contributed by atoms with Gasteiger partial charge >= 0.3 is 0 Å². The second-order valence-corrected chi connectivity index (χ2v) is 7.62. The molecule has 0 aliphatic carbocycles. The Hall–Kier alpha value is -2.00. The van der Waals surface area contributed by atoms with Gasteiger partial charge in [0.1, 0.15) is 5.75 Å². The van der Waals surface area contributed by atoms with Crippen molar-refractivity contribution in [1.82, 2.24) is 5.32 Å². The molecule has 0 spiro atoms. The van der Waals surface area contributed by atoms with Crippen LogP contribution in [-0.4, -0.2) is 18.6 Å². The summed E-state index contributed by atoms with van der Waals surface area (Å²) in [5.41, 5.74) is 3.59. The molecule has 2 aromatic carbocycles. The molecule has 0 bridgehead atoms. The average Bonchev–Trinajstić information content (AvgIpc) is 2.66. The van der Waals surface area contributed by atoms with Crippen LogP contribution in [0, 0.1) is 6.92 Å². The first-order chi connectivity index (χ1) is 12.9. The highest BCUT2D eigenvalue weighted by atomic mass is 35.5. The lowest BCUT2D eigenvalue weighted by Crippen LogP contribution is -2.38. The van der Waals surface area contributed by atoms with E-state index in [9.17, 15) is 4.79 Å². The first kappa shape index (κ1) is 21.3. The van der Waals surface area contributed by atoms with Crippen LogP contribution >= 0.6 is 11.6 Å². The van der Waals surface area contributed by atoms with Crippen LogP contribution in [0.3, 0.4) is 0 Å². The molecule has 0 saturated heterocycles. The number of hydrogen-bond donors (Lipinski definition) is 1. The third-order valence-electron chi connectivity index (χ3n) is 4.66. The van der Waals surface area contributed by atoms with E-state index >= 15 is 0 Å². The molecule has 0 radical (unpaired) electrons. The lowest BCUT2D eigenvalue weighted by atomic mass is 10.0. The maximum absolute atomic E-state index is 12.4. The first-order valence-electron chi connectivity index (χ1n) is 9.70. The number of amides is 1. The van der Waals surface area contributed by atoms with Crippen molar-refractivity contribution in [1.29, 1.82) is 0 Å². The highest BCUT2D eigenvalue weighted by molar-refractivity contribution is 6.31. The van der Waals surface area contributed by atoms with Gasteiger partial charge < -0.3 is 10.1 Å². The Morgan fingerprint density at radius 3 is 2.44 bits per heavy atom. The zero-order valence-electron chi connectivity index (χ0n) is 16.7. The summed E-state index contributed by atoms with van der Waals surface area (Å²) in [5, 5.41) is 3.69. The Morgan fingerprint density at radius 2 is 1.85 bits per heavy atom. The number of hydrogen-bond acceptors (Lipinski definition) is 2. The van der Waals surface area contributed by atoms with E-state index in [-0.39, 0.29) is 5.91 Å². The minimum absolute atomic E-state index is 0.0692. The van der Waals surface area contributed by atoms with Crippen molar-refractivity contribution in [2.45, 2.75) is 59.0 Å². The third-order valence-corrected chi connectivity index (χ3v) is 5.08. The molecule has 0 aromatic heterocycles. The van der Waals surface area contributed by atoms with Crippen LogP contribution in [0.15, 0.2) is 42.5 Å². The Kier molecular flexibility index (Phi) is 8.18. The Balaban J connectivity index is 1.78. The standard InChI is InChI=1S/C23H30ClNO2/c1-5-22(27-20-12-13-21(24)17(4)15-20)23(26)25-14-6-7-18-8-10-19(11-9-18)16(2)3/h8-13,15-16,22H,5-7,14H2,1-4H3,(H,25,26)/t22-/m0/s1. The Bertz CT molecular complexity index is 741. The summed E-state index contributed by atoms with van der Waals surface area (Å²) in [6, 6.07) is 14.2. The first-order valence-corrected chi connectivity index (χ1v) is 10.1. The van der Waals surface area contributed by atoms with Crippen molar-refractivity contribution >= 4 is 17.5 Å². The molecule has 1 amide bonds. The molecule has 2 aromatic rings. The van der Waals surface area contributed by atoms with Crippen LogP contribution in [-0.2, 0) is 11.2 Å². The maximum atomic E-state index is 12.4. The van der Waals surface area contributed by atoms with Crippen LogP contribution in [0.25, 0.3) is 0 Å². The minimum atomic E-state index is -0.490. The van der Waals surface area contributed by atoms with Gasteiger partial charge in [0.2, 0.25) is 0 Å².